The summed E-state index contributed by atoms with van der Waals surface area (Å²) in [6, 6.07) is 1.58. The Labute approximate surface area is 117 Å². The molecule has 0 aromatic carbocycles. The number of pyridine rings is 1. The molecule has 0 spiro atoms. The summed E-state index contributed by atoms with van der Waals surface area (Å²) in [5.41, 5.74) is 4.83. The Kier molecular flexibility index (Phi) is 5.01. The summed E-state index contributed by atoms with van der Waals surface area (Å²) in [6.07, 6.45) is 9.68. The van der Waals surface area contributed by atoms with Crippen molar-refractivity contribution in [2.24, 2.45) is 5.84 Å². The number of rotatable bonds is 3. The average molecular weight is 286 g/mol. The monoisotopic (exact) mass is 285 g/mol. The Morgan fingerprint density at radius 1 is 1.28 bits per heavy atom. The van der Waals surface area contributed by atoms with Crippen LogP contribution >= 0.6 is 23.2 Å². The molecule has 3 nitrogen and oxygen atoms in total. The average Bonchev–Trinajstić information content (AvgIpc) is 2.62. The molecule has 1 heterocycles. The van der Waals surface area contributed by atoms with Gasteiger partial charge in [-0.1, -0.05) is 35.7 Å². The lowest BCUT2D eigenvalue weighted by Gasteiger charge is -2.19. The topological polar surface area (TPSA) is 50.9 Å². The molecule has 0 bridgehead atoms. The first kappa shape index (κ1) is 13.8. The van der Waals surface area contributed by atoms with Crippen LogP contribution in [0.4, 0.5) is 0 Å². The first-order valence-electron chi connectivity index (χ1n) is 6.18. The van der Waals surface area contributed by atoms with Gasteiger partial charge in [0.05, 0.1) is 21.8 Å². The van der Waals surface area contributed by atoms with Crippen molar-refractivity contribution in [1.29, 1.82) is 0 Å². The van der Waals surface area contributed by atoms with Crippen LogP contribution in [-0.2, 0) is 0 Å². The van der Waals surface area contributed by atoms with Gasteiger partial charge in [0, 0.05) is 6.20 Å². The molecule has 2 rings (SSSR count). The number of nitrogens with one attached hydrogen (secondary N) is 1. The second-order valence-corrected chi connectivity index (χ2v) is 5.34. The quantitative estimate of drug-likeness (QED) is 0.505. The lowest BCUT2D eigenvalue weighted by Crippen LogP contribution is -2.30. The minimum Gasteiger partial charge on any atom is -0.271 e. The van der Waals surface area contributed by atoms with Gasteiger partial charge >= 0.3 is 0 Å². The van der Waals surface area contributed by atoms with Gasteiger partial charge in [0.25, 0.3) is 0 Å². The maximum atomic E-state index is 6.19. The van der Waals surface area contributed by atoms with E-state index in [0.29, 0.717) is 10.0 Å². The van der Waals surface area contributed by atoms with E-state index in [1.54, 1.807) is 12.3 Å². The highest BCUT2D eigenvalue weighted by Gasteiger charge is 2.20. The fourth-order valence-corrected chi connectivity index (χ4v) is 2.79. The SMILES string of the molecule is NNC(C1=CCCCCC1)c1ncc(Cl)cc1Cl. The number of hydrogen-bond acceptors (Lipinski definition) is 3. The van der Waals surface area contributed by atoms with E-state index >= 15 is 0 Å². The Bertz CT molecular complexity index is 446. The van der Waals surface area contributed by atoms with Gasteiger partial charge in [-0.05, 0) is 37.3 Å². The van der Waals surface area contributed by atoms with Crippen molar-refractivity contribution in [3.05, 3.63) is 39.7 Å². The van der Waals surface area contributed by atoms with Gasteiger partial charge < -0.3 is 0 Å². The number of hydrazine groups is 1. The Morgan fingerprint density at radius 3 is 2.83 bits per heavy atom. The highest BCUT2D eigenvalue weighted by Crippen LogP contribution is 2.32. The molecule has 0 saturated heterocycles. The maximum Gasteiger partial charge on any atom is 0.0856 e. The van der Waals surface area contributed by atoms with Crippen LogP contribution in [0.2, 0.25) is 10.0 Å². The molecule has 1 aliphatic rings. The molecule has 5 heteroatoms. The molecule has 0 saturated carbocycles. The zero-order chi connectivity index (χ0) is 13.0. The number of nitrogens with two attached hydrogens (primary N) is 1. The van der Waals surface area contributed by atoms with E-state index in [1.165, 1.54) is 24.8 Å². The standard InChI is InChI=1S/C13H17Cl2N3/c14-10-7-11(15)13(17-8-10)12(18-16)9-5-3-1-2-4-6-9/h5,7-8,12,18H,1-4,6,16H2. The molecule has 1 aromatic heterocycles. The number of allylic oxidation sites excluding steroid dienone is 1. The van der Waals surface area contributed by atoms with Crippen LogP contribution in [0.3, 0.4) is 0 Å². The van der Waals surface area contributed by atoms with E-state index in [1.807, 2.05) is 0 Å². The third-order valence-electron chi connectivity index (χ3n) is 3.22. The van der Waals surface area contributed by atoms with Gasteiger partial charge in [-0.3, -0.25) is 10.8 Å². The van der Waals surface area contributed by atoms with Gasteiger partial charge in [0.15, 0.2) is 0 Å². The van der Waals surface area contributed by atoms with Crippen molar-refractivity contribution < 1.29 is 0 Å². The number of halogens is 2. The van der Waals surface area contributed by atoms with E-state index in [4.69, 9.17) is 29.0 Å². The van der Waals surface area contributed by atoms with Gasteiger partial charge in [0.2, 0.25) is 0 Å². The van der Waals surface area contributed by atoms with E-state index < -0.39 is 0 Å². The van der Waals surface area contributed by atoms with Crippen LogP contribution in [0.25, 0.3) is 0 Å². The number of aromatic nitrogens is 1. The third-order valence-corrected chi connectivity index (χ3v) is 3.73. The fraction of sp³-hybridized carbons (Fsp3) is 0.462. The Balaban J connectivity index is 2.29. The van der Waals surface area contributed by atoms with Crippen LogP contribution in [0.5, 0.6) is 0 Å². The number of hydrogen-bond donors (Lipinski definition) is 2. The molecule has 1 unspecified atom stereocenters. The van der Waals surface area contributed by atoms with Crippen molar-refractivity contribution in [3.63, 3.8) is 0 Å². The summed E-state index contributed by atoms with van der Waals surface area (Å²) >= 11 is 12.1. The van der Waals surface area contributed by atoms with Crippen LogP contribution in [-0.4, -0.2) is 4.98 Å². The molecule has 1 atom stereocenters. The molecular weight excluding hydrogens is 269 g/mol. The van der Waals surface area contributed by atoms with Crippen molar-refractivity contribution in [2.75, 3.05) is 0 Å². The molecule has 0 fully saturated rings. The van der Waals surface area contributed by atoms with Gasteiger partial charge in [0.1, 0.15) is 0 Å². The second kappa shape index (κ2) is 6.53. The lowest BCUT2D eigenvalue weighted by molar-refractivity contribution is 0.580. The van der Waals surface area contributed by atoms with Gasteiger partial charge in [-0.2, -0.15) is 0 Å². The van der Waals surface area contributed by atoms with E-state index in [9.17, 15) is 0 Å². The molecule has 0 aliphatic heterocycles. The van der Waals surface area contributed by atoms with Crippen LogP contribution in [0.15, 0.2) is 23.9 Å². The minimum absolute atomic E-state index is 0.118. The Hall–Kier alpha value is -0.610. The Morgan fingerprint density at radius 2 is 2.11 bits per heavy atom. The predicted octanol–water partition coefficient (Wildman–Crippen LogP) is 3.78. The van der Waals surface area contributed by atoms with Crippen LogP contribution in [0.1, 0.15) is 43.8 Å². The molecule has 1 aromatic rings. The second-order valence-electron chi connectivity index (χ2n) is 4.50. The van der Waals surface area contributed by atoms with Crippen molar-refractivity contribution in [3.8, 4) is 0 Å². The zero-order valence-electron chi connectivity index (χ0n) is 10.1. The molecule has 1 aliphatic carbocycles. The summed E-state index contributed by atoms with van der Waals surface area (Å²) in [6.45, 7) is 0. The normalized spacial score (nSPS) is 18.1. The highest BCUT2D eigenvalue weighted by molar-refractivity contribution is 6.34. The molecule has 3 N–H and O–H groups in total. The fourth-order valence-electron chi connectivity index (χ4n) is 2.30. The summed E-state index contributed by atoms with van der Waals surface area (Å²) in [5, 5.41) is 1.09. The van der Waals surface area contributed by atoms with Crippen molar-refractivity contribution in [2.45, 2.75) is 38.1 Å². The van der Waals surface area contributed by atoms with Crippen molar-refractivity contribution in [1.82, 2.24) is 10.4 Å². The van der Waals surface area contributed by atoms with E-state index in [2.05, 4.69) is 16.5 Å². The van der Waals surface area contributed by atoms with Crippen molar-refractivity contribution >= 4 is 23.2 Å². The molecule has 0 radical (unpaired) electrons. The van der Waals surface area contributed by atoms with E-state index in [0.717, 1.165) is 18.5 Å². The highest BCUT2D eigenvalue weighted by atomic mass is 35.5. The minimum atomic E-state index is -0.118. The van der Waals surface area contributed by atoms with E-state index in [-0.39, 0.29) is 6.04 Å². The molecule has 0 amide bonds. The first-order valence-corrected chi connectivity index (χ1v) is 6.94. The smallest absolute Gasteiger partial charge is 0.0856 e. The lowest BCUT2D eigenvalue weighted by atomic mass is 9.99. The van der Waals surface area contributed by atoms with Crippen LogP contribution in [0, 0.1) is 0 Å². The van der Waals surface area contributed by atoms with Crippen LogP contribution < -0.4 is 11.3 Å². The number of nitrogens with zero attached hydrogens (tertiary/aromatic N) is 1. The molecule has 98 valence electrons. The molecule has 18 heavy (non-hydrogen) atoms. The predicted molar refractivity (Wildman–Crippen MR) is 75.5 cm³/mol. The zero-order valence-corrected chi connectivity index (χ0v) is 11.6. The summed E-state index contributed by atoms with van der Waals surface area (Å²) in [7, 11) is 0. The molecular formula is C13H17Cl2N3. The van der Waals surface area contributed by atoms with Gasteiger partial charge in [-0.15, -0.1) is 0 Å². The largest absolute Gasteiger partial charge is 0.271 e. The summed E-state index contributed by atoms with van der Waals surface area (Å²) < 4.78 is 0. The maximum absolute atomic E-state index is 6.19. The summed E-state index contributed by atoms with van der Waals surface area (Å²) in [5.74, 6) is 5.67. The first-order chi connectivity index (χ1) is 8.72. The third kappa shape index (κ3) is 3.23. The summed E-state index contributed by atoms with van der Waals surface area (Å²) in [4.78, 5) is 4.31. The van der Waals surface area contributed by atoms with Gasteiger partial charge in [-0.25, -0.2) is 5.43 Å².